The van der Waals surface area contributed by atoms with Crippen LogP contribution < -0.4 is 4.74 Å². The lowest BCUT2D eigenvalue weighted by atomic mass is 10.2. The van der Waals surface area contributed by atoms with Gasteiger partial charge in [-0.3, -0.25) is 0 Å². The van der Waals surface area contributed by atoms with E-state index in [1.54, 1.807) is 38.3 Å². The van der Waals surface area contributed by atoms with Crippen LogP contribution in [0.1, 0.15) is 12.5 Å². The molecule has 0 amide bonds. The van der Waals surface area contributed by atoms with E-state index in [2.05, 4.69) is 4.74 Å². The van der Waals surface area contributed by atoms with Gasteiger partial charge in [-0.1, -0.05) is 12.1 Å². The summed E-state index contributed by atoms with van der Waals surface area (Å²) in [6, 6.07) is 6.93. The summed E-state index contributed by atoms with van der Waals surface area (Å²) in [7, 11) is 1.56. The Labute approximate surface area is 99.3 Å². The molecule has 0 aliphatic rings. The quantitative estimate of drug-likeness (QED) is 0.716. The molecule has 94 valence electrons. The van der Waals surface area contributed by atoms with Crippen molar-refractivity contribution in [2.24, 2.45) is 0 Å². The largest absolute Gasteiger partial charge is 0.497 e. The van der Waals surface area contributed by atoms with Gasteiger partial charge in [-0.05, 0) is 24.6 Å². The van der Waals surface area contributed by atoms with Crippen molar-refractivity contribution in [1.29, 1.82) is 0 Å². The highest BCUT2D eigenvalue weighted by molar-refractivity contribution is 5.72. The summed E-state index contributed by atoms with van der Waals surface area (Å²) in [5.41, 5.74) is 0.748. The number of benzene rings is 1. The maximum Gasteiger partial charge on any atom is 0.368 e. The lowest BCUT2D eigenvalue weighted by molar-refractivity contribution is -0.170. The molecule has 5 heteroatoms. The van der Waals surface area contributed by atoms with E-state index in [9.17, 15) is 9.18 Å². The third-order valence-electron chi connectivity index (χ3n) is 2.03. The van der Waals surface area contributed by atoms with Gasteiger partial charge >= 0.3 is 5.97 Å². The molecule has 1 aromatic carbocycles. The first-order valence-corrected chi connectivity index (χ1v) is 5.22. The molecule has 1 aromatic rings. The molecule has 0 heterocycles. The number of hydrogen-bond donors (Lipinski definition) is 0. The molecule has 0 spiro atoms. The predicted molar refractivity (Wildman–Crippen MR) is 59.3 cm³/mol. The Morgan fingerprint density at radius 3 is 2.53 bits per heavy atom. The van der Waals surface area contributed by atoms with E-state index in [0.29, 0.717) is 5.75 Å². The number of halogens is 1. The summed E-state index contributed by atoms with van der Waals surface area (Å²) in [5, 5.41) is 0. The number of alkyl halides is 1. The number of ether oxygens (including phenoxy) is 3. The number of carbonyl (C=O) groups is 1. The smallest absolute Gasteiger partial charge is 0.368 e. The molecule has 0 fully saturated rings. The maximum atomic E-state index is 13.1. The number of rotatable bonds is 6. The van der Waals surface area contributed by atoms with Gasteiger partial charge in [0.2, 0.25) is 0 Å². The Morgan fingerprint density at radius 1 is 1.35 bits per heavy atom. The highest BCUT2D eigenvalue weighted by atomic mass is 19.1. The first kappa shape index (κ1) is 13.4. The molecule has 0 bridgehead atoms. The van der Waals surface area contributed by atoms with E-state index >= 15 is 0 Å². The standard InChI is InChI=1S/C12H15FO4/c1-3-16-12(14)11(13)17-8-9-4-6-10(15-2)7-5-9/h4-7,11H,3,8H2,1-2H3. The molecule has 1 atom stereocenters. The van der Waals surface area contributed by atoms with Gasteiger partial charge in [0.05, 0.1) is 20.3 Å². The highest BCUT2D eigenvalue weighted by Crippen LogP contribution is 2.13. The Morgan fingerprint density at radius 2 is 2.00 bits per heavy atom. The Kier molecular flexibility index (Phi) is 5.42. The van der Waals surface area contributed by atoms with E-state index in [1.807, 2.05) is 0 Å². The van der Waals surface area contributed by atoms with Gasteiger partial charge in [-0.2, -0.15) is 0 Å². The van der Waals surface area contributed by atoms with Crippen LogP contribution >= 0.6 is 0 Å². The Hall–Kier alpha value is -1.62. The molecule has 0 saturated carbocycles. The van der Waals surface area contributed by atoms with Crippen molar-refractivity contribution in [2.75, 3.05) is 13.7 Å². The van der Waals surface area contributed by atoms with Gasteiger partial charge < -0.3 is 14.2 Å². The third kappa shape index (κ3) is 4.40. The van der Waals surface area contributed by atoms with Crippen molar-refractivity contribution in [3.05, 3.63) is 29.8 Å². The molecule has 0 radical (unpaired) electrons. The predicted octanol–water partition coefficient (Wildman–Crippen LogP) is 2.07. The van der Waals surface area contributed by atoms with Crippen LogP contribution in [0.2, 0.25) is 0 Å². The summed E-state index contributed by atoms with van der Waals surface area (Å²) in [5.74, 6) is -0.294. The van der Waals surface area contributed by atoms with E-state index < -0.39 is 12.3 Å². The van der Waals surface area contributed by atoms with Crippen LogP contribution in [0.3, 0.4) is 0 Å². The molecule has 0 aliphatic carbocycles. The first-order chi connectivity index (χ1) is 8.17. The van der Waals surface area contributed by atoms with E-state index in [4.69, 9.17) is 9.47 Å². The number of methoxy groups -OCH3 is 1. The molecule has 4 nitrogen and oxygen atoms in total. The zero-order chi connectivity index (χ0) is 12.7. The highest BCUT2D eigenvalue weighted by Gasteiger charge is 2.18. The van der Waals surface area contributed by atoms with Crippen molar-refractivity contribution in [2.45, 2.75) is 19.9 Å². The molecular weight excluding hydrogens is 227 g/mol. The molecule has 0 N–H and O–H groups in total. The minimum atomic E-state index is -2.04. The van der Waals surface area contributed by atoms with Crippen LogP contribution in [0.15, 0.2) is 24.3 Å². The molecular formula is C12H15FO4. The second-order valence-corrected chi connectivity index (χ2v) is 3.23. The van der Waals surface area contributed by atoms with Crippen LogP contribution in [0.25, 0.3) is 0 Å². The monoisotopic (exact) mass is 242 g/mol. The van der Waals surface area contributed by atoms with Crippen molar-refractivity contribution < 1.29 is 23.4 Å². The zero-order valence-electron chi connectivity index (χ0n) is 9.81. The third-order valence-corrected chi connectivity index (χ3v) is 2.03. The van der Waals surface area contributed by atoms with Crippen LogP contribution in [0.4, 0.5) is 4.39 Å². The topological polar surface area (TPSA) is 44.8 Å². The summed E-state index contributed by atoms with van der Waals surface area (Å²) < 4.78 is 27.3. The van der Waals surface area contributed by atoms with Crippen LogP contribution in [0, 0.1) is 0 Å². The minimum Gasteiger partial charge on any atom is -0.497 e. The number of carbonyl (C=O) groups excluding carboxylic acids is 1. The summed E-state index contributed by atoms with van der Waals surface area (Å²) in [6.07, 6.45) is -2.04. The van der Waals surface area contributed by atoms with Gasteiger partial charge in [0.1, 0.15) is 5.75 Å². The molecule has 1 rings (SSSR count). The summed E-state index contributed by atoms with van der Waals surface area (Å²) >= 11 is 0. The van der Waals surface area contributed by atoms with Gasteiger partial charge in [-0.15, -0.1) is 0 Å². The van der Waals surface area contributed by atoms with Gasteiger partial charge in [-0.25, -0.2) is 9.18 Å². The van der Waals surface area contributed by atoms with Crippen molar-refractivity contribution in [1.82, 2.24) is 0 Å². The first-order valence-electron chi connectivity index (χ1n) is 5.22. The average Bonchev–Trinajstić information content (AvgIpc) is 2.36. The molecule has 1 unspecified atom stereocenters. The van der Waals surface area contributed by atoms with Crippen LogP contribution in [0.5, 0.6) is 5.75 Å². The van der Waals surface area contributed by atoms with Crippen LogP contribution in [-0.4, -0.2) is 26.0 Å². The second kappa shape index (κ2) is 6.85. The molecule has 0 saturated heterocycles. The lowest BCUT2D eigenvalue weighted by Gasteiger charge is -2.09. The van der Waals surface area contributed by atoms with Crippen molar-refractivity contribution in [3.63, 3.8) is 0 Å². The van der Waals surface area contributed by atoms with E-state index in [1.165, 1.54) is 0 Å². The van der Waals surface area contributed by atoms with E-state index in [-0.39, 0.29) is 13.2 Å². The van der Waals surface area contributed by atoms with Gasteiger partial charge in [0, 0.05) is 0 Å². The van der Waals surface area contributed by atoms with Crippen molar-refractivity contribution >= 4 is 5.97 Å². The van der Waals surface area contributed by atoms with Crippen LogP contribution in [-0.2, 0) is 20.9 Å². The fourth-order valence-corrected chi connectivity index (χ4v) is 1.17. The SMILES string of the molecule is CCOC(=O)C(F)OCc1ccc(OC)cc1. The zero-order valence-corrected chi connectivity index (χ0v) is 9.81. The minimum absolute atomic E-state index is 0.00394. The second-order valence-electron chi connectivity index (χ2n) is 3.23. The summed E-state index contributed by atoms with van der Waals surface area (Å²) in [6.45, 7) is 1.74. The molecule has 17 heavy (non-hydrogen) atoms. The van der Waals surface area contributed by atoms with Gasteiger partial charge in [0.15, 0.2) is 0 Å². The molecule has 0 aliphatic heterocycles. The van der Waals surface area contributed by atoms with Crippen molar-refractivity contribution in [3.8, 4) is 5.75 Å². The fourth-order valence-electron chi connectivity index (χ4n) is 1.17. The fraction of sp³-hybridized carbons (Fsp3) is 0.417. The average molecular weight is 242 g/mol. The normalized spacial score (nSPS) is 11.9. The van der Waals surface area contributed by atoms with Gasteiger partial charge in [0.25, 0.3) is 6.36 Å². The summed E-state index contributed by atoms with van der Waals surface area (Å²) in [4.78, 5) is 10.9. The maximum absolute atomic E-state index is 13.1. The Balaban J connectivity index is 2.41. The lowest BCUT2D eigenvalue weighted by Crippen LogP contribution is -2.21. The number of esters is 1. The van der Waals surface area contributed by atoms with E-state index in [0.717, 1.165) is 5.56 Å². The Bertz CT molecular complexity index is 350. The molecule has 0 aromatic heterocycles. The number of hydrogen-bond acceptors (Lipinski definition) is 4.